The third-order valence-electron chi connectivity index (χ3n) is 2.76. The molecule has 0 saturated heterocycles. The summed E-state index contributed by atoms with van der Waals surface area (Å²) >= 11 is 0. The number of hydrogen-bond acceptors (Lipinski definition) is 6. The Morgan fingerprint density at radius 3 is 1.05 bits per heavy atom. The van der Waals surface area contributed by atoms with Crippen LogP contribution in [0.25, 0.3) is 0 Å². The lowest BCUT2D eigenvalue weighted by molar-refractivity contribution is -0.164. The van der Waals surface area contributed by atoms with Crippen LogP contribution in [-0.4, -0.2) is 57.4 Å². The first-order valence-electron chi connectivity index (χ1n) is 5.25. The minimum Gasteiger partial charge on any atom is -0.480 e. The SMILES string of the molecule is CC(CN=NCC(C)(C(=O)O)C(=O)O)(C(=O)O)C(=O)O. The third-order valence-corrected chi connectivity index (χ3v) is 2.76. The topological polar surface area (TPSA) is 174 Å². The molecule has 0 aromatic carbocycles. The van der Waals surface area contributed by atoms with Crippen LogP contribution in [0.5, 0.6) is 0 Å². The van der Waals surface area contributed by atoms with E-state index in [0.717, 1.165) is 13.8 Å². The number of nitrogens with zero attached hydrogens (tertiary/aromatic N) is 2. The van der Waals surface area contributed by atoms with Crippen molar-refractivity contribution in [1.29, 1.82) is 0 Å². The Morgan fingerprint density at radius 1 is 0.700 bits per heavy atom. The lowest BCUT2D eigenvalue weighted by Crippen LogP contribution is -2.40. The molecule has 0 heterocycles. The first kappa shape index (κ1) is 17.5. The number of azo groups is 1. The molecule has 0 amide bonds. The smallest absolute Gasteiger partial charge is 0.322 e. The summed E-state index contributed by atoms with van der Waals surface area (Å²) < 4.78 is 0. The molecule has 112 valence electrons. The molecule has 10 heteroatoms. The van der Waals surface area contributed by atoms with Crippen molar-refractivity contribution in [2.45, 2.75) is 13.8 Å². The minimum atomic E-state index is -2.22. The van der Waals surface area contributed by atoms with Gasteiger partial charge in [0.1, 0.15) is 0 Å². The van der Waals surface area contributed by atoms with Gasteiger partial charge in [-0.15, -0.1) is 0 Å². The van der Waals surface area contributed by atoms with E-state index >= 15 is 0 Å². The van der Waals surface area contributed by atoms with Crippen molar-refractivity contribution in [2.75, 3.05) is 13.1 Å². The Balaban J connectivity index is 4.92. The van der Waals surface area contributed by atoms with E-state index in [0.29, 0.717) is 0 Å². The zero-order valence-electron chi connectivity index (χ0n) is 10.7. The van der Waals surface area contributed by atoms with Crippen LogP contribution < -0.4 is 0 Å². The summed E-state index contributed by atoms with van der Waals surface area (Å²) in [6, 6.07) is 0. The average Bonchev–Trinajstić information content (AvgIpc) is 2.32. The van der Waals surface area contributed by atoms with Gasteiger partial charge >= 0.3 is 23.9 Å². The van der Waals surface area contributed by atoms with Crippen LogP contribution in [0, 0.1) is 10.8 Å². The molecule has 0 saturated carbocycles. The van der Waals surface area contributed by atoms with E-state index < -0.39 is 47.8 Å². The fourth-order valence-electron chi connectivity index (χ4n) is 0.836. The van der Waals surface area contributed by atoms with E-state index in [-0.39, 0.29) is 0 Å². The Kier molecular flexibility index (Phi) is 5.32. The van der Waals surface area contributed by atoms with Gasteiger partial charge in [0.05, 0.1) is 13.1 Å². The maximum atomic E-state index is 10.8. The molecular weight excluding hydrogens is 276 g/mol. The molecule has 0 rings (SSSR count). The van der Waals surface area contributed by atoms with E-state index in [4.69, 9.17) is 20.4 Å². The van der Waals surface area contributed by atoms with E-state index in [2.05, 4.69) is 10.2 Å². The highest BCUT2D eigenvalue weighted by molar-refractivity contribution is 5.98. The summed E-state index contributed by atoms with van der Waals surface area (Å²) in [6.07, 6.45) is 0. The Hall–Kier alpha value is -2.52. The summed E-state index contributed by atoms with van der Waals surface area (Å²) in [5.41, 5.74) is -4.43. The van der Waals surface area contributed by atoms with Crippen LogP contribution in [0.15, 0.2) is 10.2 Å². The quantitative estimate of drug-likeness (QED) is 0.350. The molecule has 0 unspecified atom stereocenters. The number of carboxylic acids is 4. The van der Waals surface area contributed by atoms with Crippen LogP contribution >= 0.6 is 0 Å². The van der Waals surface area contributed by atoms with Crippen molar-refractivity contribution in [3.63, 3.8) is 0 Å². The van der Waals surface area contributed by atoms with Crippen molar-refractivity contribution in [3.8, 4) is 0 Å². The predicted octanol–water partition coefficient (Wildman–Crippen LogP) is -0.210. The lowest BCUT2D eigenvalue weighted by Gasteiger charge is -2.17. The maximum Gasteiger partial charge on any atom is 0.322 e. The van der Waals surface area contributed by atoms with Crippen molar-refractivity contribution in [3.05, 3.63) is 0 Å². The Labute approximate surface area is 112 Å². The second kappa shape index (κ2) is 6.08. The molecule has 0 radical (unpaired) electrons. The highest BCUT2D eigenvalue weighted by Gasteiger charge is 2.43. The second-order valence-electron chi connectivity index (χ2n) is 4.48. The first-order chi connectivity index (χ1) is 8.98. The number of carbonyl (C=O) groups is 4. The van der Waals surface area contributed by atoms with Gasteiger partial charge in [-0.25, -0.2) is 0 Å². The summed E-state index contributed by atoms with van der Waals surface area (Å²) in [7, 11) is 0. The van der Waals surface area contributed by atoms with Gasteiger partial charge in [0, 0.05) is 0 Å². The van der Waals surface area contributed by atoms with Gasteiger partial charge < -0.3 is 20.4 Å². The van der Waals surface area contributed by atoms with Gasteiger partial charge in [0.15, 0.2) is 10.8 Å². The number of rotatable bonds is 8. The zero-order chi connectivity index (χ0) is 16.1. The number of hydrogen-bond donors (Lipinski definition) is 4. The van der Waals surface area contributed by atoms with Crippen LogP contribution in [0.3, 0.4) is 0 Å². The highest BCUT2D eigenvalue weighted by atomic mass is 16.4. The fraction of sp³-hybridized carbons (Fsp3) is 0.600. The van der Waals surface area contributed by atoms with Crippen LogP contribution in [0.2, 0.25) is 0 Å². The molecule has 10 nitrogen and oxygen atoms in total. The summed E-state index contributed by atoms with van der Waals surface area (Å²) in [4.78, 5) is 43.2. The van der Waals surface area contributed by atoms with Crippen molar-refractivity contribution in [2.24, 2.45) is 21.1 Å². The lowest BCUT2D eigenvalue weighted by atomic mass is 9.91. The summed E-state index contributed by atoms with van der Waals surface area (Å²) in [5, 5.41) is 41.6. The summed E-state index contributed by atoms with van der Waals surface area (Å²) in [6.45, 7) is 0.328. The van der Waals surface area contributed by atoms with E-state index in [1.807, 2.05) is 0 Å². The molecular formula is C10H14N2O8. The fourth-order valence-corrected chi connectivity index (χ4v) is 0.836. The summed E-state index contributed by atoms with van der Waals surface area (Å²) in [5.74, 6) is -6.54. The molecule has 0 aliphatic heterocycles. The molecule has 0 aliphatic carbocycles. The van der Waals surface area contributed by atoms with Gasteiger partial charge in [0.2, 0.25) is 0 Å². The van der Waals surface area contributed by atoms with Crippen molar-refractivity contribution in [1.82, 2.24) is 0 Å². The van der Waals surface area contributed by atoms with Gasteiger partial charge in [0.25, 0.3) is 0 Å². The molecule has 0 aliphatic rings. The molecule has 0 spiro atoms. The monoisotopic (exact) mass is 290 g/mol. The zero-order valence-corrected chi connectivity index (χ0v) is 10.7. The van der Waals surface area contributed by atoms with Gasteiger partial charge in [-0.2, -0.15) is 10.2 Å². The Bertz CT molecular complexity index is 400. The van der Waals surface area contributed by atoms with Crippen molar-refractivity contribution < 1.29 is 39.6 Å². The molecule has 4 N–H and O–H groups in total. The first-order valence-corrected chi connectivity index (χ1v) is 5.25. The maximum absolute atomic E-state index is 10.8. The molecule has 0 fully saturated rings. The number of aliphatic carboxylic acids is 4. The second-order valence-corrected chi connectivity index (χ2v) is 4.48. The standard InChI is InChI=1S/C10H14N2O8/c1-9(5(13)14,6(15)16)3-11-12-4-10(2,7(17)18)8(19)20/h3-4H2,1-2H3,(H,13,14)(H,15,16)(H,17,18)(H,19,20). The van der Waals surface area contributed by atoms with Crippen LogP contribution in [-0.2, 0) is 19.2 Å². The van der Waals surface area contributed by atoms with Gasteiger partial charge in [-0.3, -0.25) is 19.2 Å². The van der Waals surface area contributed by atoms with Crippen LogP contribution in [0.1, 0.15) is 13.8 Å². The Morgan fingerprint density at radius 2 is 0.900 bits per heavy atom. The minimum absolute atomic E-state index is 0.743. The highest BCUT2D eigenvalue weighted by Crippen LogP contribution is 2.20. The largest absolute Gasteiger partial charge is 0.480 e. The predicted molar refractivity (Wildman–Crippen MR) is 61.3 cm³/mol. The van der Waals surface area contributed by atoms with E-state index in [1.54, 1.807) is 0 Å². The van der Waals surface area contributed by atoms with Gasteiger partial charge in [-0.1, -0.05) is 0 Å². The van der Waals surface area contributed by atoms with Gasteiger partial charge in [-0.05, 0) is 13.8 Å². The molecule has 0 atom stereocenters. The van der Waals surface area contributed by atoms with Crippen molar-refractivity contribution >= 4 is 23.9 Å². The molecule has 20 heavy (non-hydrogen) atoms. The number of carboxylic acid groups (broad SMARTS) is 4. The van der Waals surface area contributed by atoms with E-state index in [1.165, 1.54) is 0 Å². The molecule has 0 aromatic heterocycles. The molecule has 0 aromatic rings. The average molecular weight is 290 g/mol. The van der Waals surface area contributed by atoms with E-state index in [9.17, 15) is 19.2 Å². The normalized spacial score (nSPS) is 12.3. The molecule has 0 bridgehead atoms. The van der Waals surface area contributed by atoms with Crippen LogP contribution in [0.4, 0.5) is 0 Å². The third kappa shape index (κ3) is 3.49.